The molecule has 0 aliphatic carbocycles. The lowest BCUT2D eigenvalue weighted by Crippen LogP contribution is -2.01. The van der Waals surface area contributed by atoms with Gasteiger partial charge in [-0.25, -0.2) is 9.48 Å². The van der Waals surface area contributed by atoms with Crippen molar-refractivity contribution < 1.29 is 14.6 Å². The fraction of sp³-hybridized carbons (Fsp3) is 0.333. The lowest BCUT2D eigenvalue weighted by Gasteiger charge is -2.03. The van der Waals surface area contributed by atoms with Crippen molar-refractivity contribution in [2.24, 2.45) is 7.05 Å². The van der Waals surface area contributed by atoms with Crippen LogP contribution in [0, 0.1) is 6.92 Å². The van der Waals surface area contributed by atoms with E-state index in [-0.39, 0.29) is 5.57 Å². The number of carboxylic acid groups (broad SMARTS) is 1. The molecular formula is C9H12N2O3. The maximum atomic E-state index is 10.7. The monoisotopic (exact) mass is 196 g/mol. The Hall–Kier alpha value is -1.78. The number of aryl methyl sites for hydroxylation is 2. The Bertz CT molecular complexity index is 393. The van der Waals surface area contributed by atoms with Crippen LogP contribution in [0.1, 0.15) is 11.3 Å². The molecule has 76 valence electrons. The molecule has 0 radical (unpaired) electrons. The van der Waals surface area contributed by atoms with Crippen molar-refractivity contribution in [2.75, 3.05) is 7.11 Å². The first-order chi connectivity index (χ1) is 6.49. The molecule has 1 N–H and O–H groups in total. The second-order valence-corrected chi connectivity index (χ2v) is 2.88. The first-order valence-electron chi connectivity index (χ1n) is 3.99. The summed E-state index contributed by atoms with van der Waals surface area (Å²) in [5.41, 5.74) is 1.03. The van der Waals surface area contributed by atoms with E-state index in [1.165, 1.54) is 11.8 Å². The second kappa shape index (κ2) is 3.53. The molecule has 0 saturated carbocycles. The number of aliphatic carboxylic acids is 1. The van der Waals surface area contributed by atoms with Crippen LogP contribution < -0.4 is 4.74 Å². The third-order valence-corrected chi connectivity index (χ3v) is 1.92. The van der Waals surface area contributed by atoms with E-state index < -0.39 is 5.97 Å². The summed E-state index contributed by atoms with van der Waals surface area (Å²) in [7, 11) is 3.15. The van der Waals surface area contributed by atoms with Crippen LogP contribution in [-0.4, -0.2) is 28.0 Å². The first-order valence-corrected chi connectivity index (χ1v) is 3.99. The van der Waals surface area contributed by atoms with Gasteiger partial charge >= 0.3 is 5.97 Å². The normalized spacial score (nSPS) is 9.93. The van der Waals surface area contributed by atoms with E-state index in [2.05, 4.69) is 11.7 Å². The van der Waals surface area contributed by atoms with E-state index in [1.54, 1.807) is 14.0 Å². The van der Waals surface area contributed by atoms with Crippen LogP contribution in [0.2, 0.25) is 0 Å². The van der Waals surface area contributed by atoms with Gasteiger partial charge in [0.15, 0.2) is 0 Å². The van der Waals surface area contributed by atoms with Crippen LogP contribution >= 0.6 is 0 Å². The molecule has 0 fully saturated rings. The van der Waals surface area contributed by atoms with Gasteiger partial charge in [0, 0.05) is 7.05 Å². The number of methoxy groups -OCH3 is 1. The third-order valence-electron chi connectivity index (χ3n) is 1.92. The fourth-order valence-electron chi connectivity index (χ4n) is 1.33. The quantitative estimate of drug-likeness (QED) is 0.727. The van der Waals surface area contributed by atoms with E-state index in [0.717, 1.165) is 0 Å². The van der Waals surface area contributed by atoms with Crippen molar-refractivity contribution >= 4 is 11.5 Å². The third kappa shape index (κ3) is 1.48. The Morgan fingerprint density at radius 2 is 2.21 bits per heavy atom. The van der Waals surface area contributed by atoms with Crippen molar-refractivity contribution in [3.05, 3.63) is 17.8 Å². The molecule has 5 heteroatoms. The number of rotatable bonds is 3. The molecule has 0 spiro atoms. The smallest absolute Gasteiger partial charge is 0.335 e. The van der Waals surface area contributed by atoms with Gasteiger partial charge in [0.25, 0.3) is 0 Å². The number of carbonyl (C=O) groups is 1. The molecule has 0 amide bonds. The number of ether oxygens (including phenoxy) is 1. The molecule has 0 unspecified atom stereocenters. The molecule has 1 aromatic heterocycles. The molecular weight excluding hydrogens is 184 g/mol. The van der Waals surface area contributed by atoms with Crippen molar-refractivity contribution in [3.63, 3.8) is 0 Å². The molecule has 0 bridgehead atoms. The van der Waals surface area contributed by atoms with Gasteiger partial charge in [0.05, 0.1) is 23.9 Å². The molecule has 1 rings (SSSR count). The standard InChI is InChI=1S/C9H12N2O3/c1-5(9(12)13)7-6(2)10-11(3)8(7)14-4/h1H2,2-4H3,(H,12,13). The van der Waals surface area contributed by atoms with Gasteiger partial charge in [-0.15, -0.1) is 0 Å². The summed E-state index contributed by atoms with van der Waals surface area (Å²) in [4.78, 5) is 10.7. The lowest BCUT2D eigenvalue weighted by atomic mass is 10.1. The summed E-state index contributed by atoms with van der Waals surface area (Å²) >= 11 is 0. The predicted octanol–water partition coefficient (Wildman–Crippen LogP) is 0.835. The van der Waals surface area contributed by atoms with Crippen molar-refractivity contribution in [2.45, 2.75) is 6.92 Å². The Labute approximate surface area is 81.6 Å². The zero-order valence-electron chi connectivity index (χ0n) is 8.37. The van der Waals surface area contributed by atoms with Crippen LogP contribution in [0.15, 0.2) is 6.58 Å². The van der Waals surface area contributed by atoms with Crippen LogP contribution in [0.25, 0.3) is 5.57 Å². The minimum atomic E-state index is -1.07. The van der Waals surface area contributed by atoms with Crippen LogP contribution in [0.5, 0.6) is 5.88 Å². The Morgan fingerprint density at radius 1 is 1.64 bits per heavy atom. The summed E-state index contributed by atoms with van der Waals surface area (Å²) in [6.45, 7) is 5.19. The number of aromatic nitrogens is 2. The highest BCUT2D eigenvalue weighted by atomic mass is 16.5. The van der Waals surface area contributed by atoms with E-state index in [4.69, 9.17) is 9.84 Å². The lowest BCUT2D eigenvalue weighted by molar-refractivity contribution is -0.130. The molecule has 14 heavy (non-hydrogen) atoms. The van der Waals surface area contributed by atoms with Gasteiger partial charge in [-0.05, 0) is 6.92 Å². The van der Waals surface area contributed by atoms with E-state index in [1.807, 2.05) is 0 Å². The average molecular weight is 196 g/mol. The molecule has 0 aromatic carbocycles. The highest BCUT2D eigenvalue weighted by Gasteiger charge is 2.20. The fourth-order valence-corrected chi connectivity index (χ4v) is 1.33. The Balaban J connectivity index is 3.32. The van der Waals surface area contributed by atoms with E-state index >= 15 is 0 Å². The van der Waals surface area contributed by atoms with Crippen LogP contribution in [0.4, 0.5) is 0 Å². The number of nitrogens with zero attached hydrogens (tertiary/aromatic N) is 2. The summed E-state index contributed by atoms with van der Waals surface area (Å²) in [6.07, 6.45) is 0. The van der Waals surface area contributed by atoms with Gasteiger partial charge < -0.3 is 9.84 Å². The van der Waals surface area contributed by atoms with Gasteiger partial charge in [-0.1, -0.05) is 6.58 Å². The number of carboxylic acids is 1. The van der Waals surface area contributed by atoms with Gasteiger partial charge in [-0.2, -0.15) is 5.10 Å². The Kier molecular flexibility index (Phi) is 2.60. The summed E-state index contributed by atoms with van der Waals surface area (Å²) in [5.74, 6) is -0.658. The summed E-state index contributed by atoms with van der Waals surface area (Å²) in [5, 5.41) is 12.8. The van der Waals surface area contributed by atoms with E-state index in [0.29, 0.717) is 17.1 Å². The largest absolute Gasteiger partial charge is 0.481 e. The van der Waals surface area contributed by atoms with E-state index in [9.17, 15) is 4.79 Å². The average Bonchev–Trinajstić information content (AvgIpc) is 2.38. The zero-order chi connectivity index (χ0) is 10.9. The minimum absolute atomic E-state index is 0.00699. The van der Waals surface area contributed by atoms with Gasteiger partial charge in [0.1, 0.15) is 0 Å². The summed E-state index contributed by atoms with van der Waals surface area (Å²) < 4.78 is 6.53. The van der Waals surface area contributed by atoms with Crippen molar-refractivity contribution in [1.29, 1.82) is 0 Å². The maximum absolute atomic E-state index is 10.7. The molecule has 0 aliphatic heterocycles. The molecule has 1 aromatic rings. The maximum Gasteiger partial charge on any atom is 0.335 e. The highest BCUT2D eigenvalue weighted by molar-refractivity contribution is 6.15. The molecule has 0 atom stereocenters. The van der Waals surface area contributed by atoms with Crippen molar-refractivity contribution in [1.82, 2.24) is 9.78 Å². The molecule has 5 nitrogen and oxygen atoms in total. The molecule has 1 heterocycles. The highest BCUT2D eigenvalue weighted by Crippen LogP contribution is 2.27. The van der Waals surface area contributed by atoms with Crippen molar-refractivity contribution in [3.8, 4) is 5.88 Å². The molecule has 0 saturated heterocycles. The second-order valence-electron chi connectivity index (χ2n) is 2.88. The summed E-state index contributed by atoms with van der Waals surface area (Å²) in [6, 6.07) is 0. The van der Waals surface area contributed by atoms with Gasteiger partial charge in [-0.3, -0.25) is 0 Å². The zero-order valence-corrected chi connectivity index (χ0v) is 8.37. The topological polar surface area (TPSA) is 64.3 Å². The predicted molar refractivity (Wildman–Crippen MR) is 51.2 cm³/mol. The van der Waals surface area contributed by atoms with Gasteiger partial charge in [0.2, 0.25) is 5.88 Å². The SMILES string of the molecule is C=C(C(=O)O)c1c(C)nn(C)c1OC. The van der Waals surface area contributed by atoms with Crippen LogP contribution in [0.3, 0.4) is 0 Å². The Morgan fingerprint density at radius 3 is 2.64 bits per heavy atom. The minimum Gasteiger partial charge on any atom is -0.481 e. The molecule has 0 aliphatic rings. The number of hydrogen-bond donors (Lipinski definition) is 1. The van der Waals surface area contributed by atoms with Crippen LogP contribution in [-0.2, 0) is 11.8 Å². The first kappa shape index (κ1) is 10.3. The number of hydrogen-bond acceptors (Lipinski definition) is 3.